The zero-order chi connectivity index (χ0) is 16.9. The first kappa shape index (κ1) is 20.8. The number of aryl methyl sites for hydroxylation is 1. The second-order valence-corrected chi connectivity index (χ2v) is 6.00. The van der Waals surface area contributed by atoms with Crippen LogP contribution in [0.3, 0.4) is 0 Å². The van der Waals surface area contributed by atoms with Gasteiger partial charge in [0.25, 0.3) is 0 Å². The molecule has 2 N–H and O–H groups in total. The summed E-state index contributed by atoms with van der Waals surface area (Å²) < 4.78 is 38.1. The van der Waals surface area contributed by atoms with E-state index in [1.54, 1.807) is 24.5 Å². The molecule has 3 nitrogen and oxygen atoms in total. The molecule has 0 spiro atoms. The van der Waals surface area contributed by atoms with Crippen LogP contribution in [0, 0.1) is 6.92 Å². The first-order valence-electron chi connectivity index (χ1n) is 7.04. The lowest BCUT2D eigenvalue weighted by molar-refractivity contribution is -0.137. The number of guanidine groups is 1. The maximum absolute atomic E-state index is 12.7. The van der Waals surface area contributed by atoms with E-state index in [4.69, 9.17) is 0 Å². The highest BCUT2D eigenvalue weighted by Gasteiger charge is 2.30. The third kappa shape index (κ3) is 5.97. The van der Waals surface area contributed by atoms with E-state index >= 15 is 0 Å². The summed E-state index contributed by atoms with van der Waals surface area (Å²) in [5, 5.41) is 8.20. The minimum Gasteiger partial charge on any atom is -0.352 e. The fourth-order valence-corrected chi connectivity index (χ4v) is 2.86. The van der Waals surface area contributed by atoms with Gasteiger partial charge in [0, 0.05) is 18.5 Å². The van der Waals surface area contributed by atoms with Crippen LogP contribution in [0.15, 0.2) is 40.7 Å². The van der Waals surface area contributed by atoms with Gasteiger partial charge in [-0.2, -0.15) is 13.2 Å². The number of thiophene rings is 1. The van der Waals surface area contributed by atoms with Crippen molar-refractivity contribution >= 4 is 41.3 Å². The highest BCUT2D eigenvalue weighted by molar-refractivity contribution is 14.0. The Hall–Kier alpha value is -1.29. The number of aliphatic imine (C=N–C) groups is 1. The summed E-state index contributed by atoms with van der Waals surface area (Å²) in [6.45, 7) is 2.94. The summed E-state index contributed by atoms with van der Waals surface area (Å²) >= 11 is 1.65. The minimum atomic E-state index is -4.33. The fraction of sp³-hybridized carbons (Fsp3) is 0.312. The van der Waals surface area contributed by atoms with Gasteiger partial charge in [0.1, 0.15) is 0 Å². The van der Waals surface area contributed by atoms with Gasteiger partial charge in [-0.3, -0.25) is 4.99 Å². The average molecular weight is 469 g/mol. The molecule has 1 aromatic heterocycles. The molecule has 8 heteroatoms. The lowest BCUT2D eigenvalue weighted by Gasteiger charge is -2.13. The largest absolute Gasteiger partial charge is 0.416 e. The van der Waals surface area contributed by atoms with E-state index < -0.39 is 11.7 Å². The van der Waals surface area contributed by atoms with Gasteiger partial charge in [0.15, 0.2) is 5.96 Å². The molecule has 0 saturated carbocycles. The standard InChI is InChI=1S/C16H18F3N3S.HI/c1-11-6-7-23-14(11)10-22-15(20-2)21-9-12-4-3-5-13(8-12)16(17,18)19;/h3-8H,9-10H2,1-2H3,(H2,20,21,22);1H. The Balaban J connectivity index is 0.00000288. The van der Waals surface area contributed by atoms with Gasteiger partial charge < -0.3 is 10.6 Å². The van der Waals surface area contributed by atoms with E-state index in [0.717, 1.165) is 12.1 Å². The number of benzene rings is 1. The van der Waals surface area contributed by atoms with E-state index in [2.05, 4.69) is 15.6 Å². The third-order valence-corrected chi connectivity index (χ3v) is 4.35. The number of nitrogens with one attached hydrogen (secondary N) is 2. The molecule has 0 saturated heterocycles. The molecular formula is C16H19F3IN3S. The summed E-state index contributed by atoms with van der Waals surface area (Å²) in [7, 11) is 1.63. The van der Waals surface area contributed by atoms with Gasteiger partial charge in [-0.05, 0) is 41.6 Å². The summed E-state index contributed by atoms with van der Waals surface area (Å²) in [6, 6.07) is 7.31. The van der Waals surface area contributed by atoms with Crippen LogP contribution in [-0.2, 0) is 19.3 Å². The molecule has 0 fully saturated rings. The highest BCUT2D eigenvalue weighted by Crippen LogP contribution is 2.29. The van der Waals surface area contributed by atoms with Crippen molar-refractivity contribution in [3.63, 3.8) is 0 Å². The van der Waals surface area contributed by atoms with Crippen molar-refractivity contribution in [3.05, 3.63) is 57.3 Å². The Bertz CT molecular complexity index is 683. The van der Waals surface area contributed by atoms with E-state index in [1.165, 1.54) is 16.5 Å². The average Bonchev–Trinajstić information content (AvgIpc) is 2.92. The van der Waals surface area contributed by atoms with E-state index in [1.807, 2.05) is 18.4 Å². The fourth-order valence-electron chi connectivity index (χ4n) is 2.01. The molecule has 0 aliphatic heterocycles. The van der Waals surface area contributed by atoms with Crippen molar-refractivity contribution in [1.29, 1.82) is 0 Å². The molecule has 24 heavy (non-hydrogen) atoms. The van der Waals surface area contributed by atoms with Crippen LogP contribution < -0.4 is 10.6 Å². The van der Waals surface area contributed by atoms with Gasteiger partial charge in [0.2, 0.25) is 0 Å². The smallest absolute Gasteiger partial charge is 0.352 e. The molecule has 0 radical (unpaired) electrons. The normalized spacial score (nSPS) is 11.8. The van der Waals surface area contributed by atoms with Crippen molar-refractivity contribution in [2.75, 3.05) is 7.05 Å². The van der Waals surface area contributed by atoms with Crippen molar-refractivity contribution in [1.82, 2.24) is 10.6 Å². The minimum absolute atomic E-state index is 0. The maximum atomic E-state index is 12.7. The lowest BCUT2D eigenvalue weighted by atomic mass is 10.1. The summed E-state index contributed by atoms with van der Waals surface area (Å²) in [6.07, 6.45) is -4.33. The SMILES string of the molecule is CN=C(NCc1cccc(C(F)(F)F)c1)NCc1sccc1C.I. The Kier molecular flexibility index (Phi) is 8.01. The topological polar surface area (TPSA) is 36.4 Å². The van der Waals surface area contributed by atoms with Crippen molar-refractivity contribution < 1.29 is 13.2 Å². The number of hydrogen-bond acceptors (Lipinski definition) is 2. The van der Waals surface area contributed by atoms with Gasteiger partial charge in [-0.25, -0.2) is 0 Å². The first-order valence-corrected chi connectivity index (χ1v) is 7.91. The lowest BCUT2D eigenvalue weighted by Crippen LogP contribution is -2.36. The second-order valence-electron chi connectivity index (χ2n) is 5.00. The monoisotopic (exact) mass is 469 g/mol. The summed E-state index contributed by atoms with van der Waals surface area (Å²) in [5.74, 6) is 0.551. The number of hydrogen-bond donors (Lipinski definition) is 2. The van der Waals surface area contributed by atoms with Crippen LogP contribution in [0.5, 0.6) is 0 Å². The second kappa shape index (κ2) is 9.26. The molecule has 0 aliphatic carbocycles. The Morgan fingerprint density at radius 3 is 2.46 bits per heavy atom. The Morgan fingerprint density at radius 2 is 1.88 bits per heavy atom. The molecule has 2 aromatic rings. The first-order chi connectivity index (χ1) is 10.9. The molecule has 1 aromatic carbocycles. The van der Waals surface area contributed by atoms with Gasteiger partial charge in [-0.15, -0.1) is 35.3 Å². The quantitative estimate of drug-likeness (QED) is 0.392. The molecule has 0 amide bonds. The third-order valence-electron chi connectivity index (χ3n) is 3.32. The van der Waals surface area contributed by atoms with Crippen LogP contribution >= 0.6 is 35.3 Å². The van der Waals surface area contributed by atoms with Gasteiger partial charge >= 0.3 is 6.18 Å². The van der Waals surface area contributed by atoms with Crippen LogP contribution in [0.1, 0.15) is 21.6 Å². The molecule has 132 valence electrons. The Morgan fingerprint density at radius 1 is 1.17 bits per heavy atom. The van der Waals surface area contributed by atoms with E-state index in [-0.39, 0.29) is 30.5 Å². The van der Waals surface area contributed by atoms with Crippen LogP contribution in [-0.4, -0.2) is 13.0 Å². The summed E-state index contributed by atoms with van der Waals surface area (Å²) in [4.78, 5) is 5.28. The Labute approximate surface area is 160 Å². The number of halogens is 4. The molecule has 1 heterocycles. The molecule has 0 bridgehead atoms. The van der Waals surface area contributed by atoms with Crippen LogP contribution in [0.25, 0.3) is 0 Å². The van der Waals surface area contributed by atoms with Crippen LogP contribution in [0.4, 0.5) is 13.2 Å². The number of alkyl halides is 3. The number of rotatable bonds is 4. The van der Waals surface area contributed by atoms with Crippen molar-refractivity contribution in [3.8, 4) is 0 Å². The van der Waals surface area contributed by atoms with Crippen LogP contribution in [0.2, 0.25) is 0 Å². The van der Waals surface area contributed by atoms with E-state index in [9.17, 15) is 13.2 Å². The zero-order valence-electron chi connectivity index (χ0n) is 13.3. The molecule has 0 aliphatic rings. The number of nitrogens with zero attached hydrogens (tertiary/aromatic N) is 1. The van der Waals surface area contributed by atoms with Gasteiger partial charge in [-0.1, -0.05) is 12.1 Å². The highest BCUT2D eigenvalue weighted by atomic mass is 127. The predicted molar refractivity (Wildman–Crippen MR) is 103 cm³/mol. The maximum Gasteiger partial charge on any atom is 0.416 e. The van der Waals surface area contributed by atoms with E-state index in [0.29, 0.717) is 18.1 Å². The van der Waals surface area contributed by atoms with Crippen molar-refractivity contribution in [2.45, 2.75) is 26.2 Å². The molecule has 0 atom stereocenters. The molecule has 0 unspecified atom stereocenters. The predicted octanol–water partition coefficient (Wildman–Crippen LogP) is 4.56. The summed E-state index contributed by atoms with van der Waals surface area (Å²) in [5.41, 5.74) is 1.11. The van der Waals surface area contributed by atoms with Gasteiger partial charge in [0.05, 0.1) is 12.1 Å². The molecular weight excluding hydrogens is 450 g/mol. The van der Waals surface area contributed by atoms with Crippen molar-refractivity contribution in [2.24, 2.45) is 4.99 Å². The zero-order valence-corrected chi connectivity index (χ0v) is 16.4. The molecule has 2 rings (SSSR count).